The maximum absolute atomic E-state index is 10.2. The maximum atomic E-state index is 10.2. The molecular formula is C19H32O. The van der Waals surface area contributed by atoms with Crippen LogP contribution in [0.25, 0.3) is 0 Å². The fraction of sp³-hybridized carbons (Fsp3) is 0.684. The molecule has 0 heterocycles. The molecule has 1 aromatic carbocycles. The molecule has 1 N–H and O–H groups in total. The predicted octanol–water partition coefficient (Wildman–Crippen LogP) is 5.18. The summed E-state index contributed by atoms with van der Waals surface area (Å²) in [4.78, 5) is 0. The minimum atomic E-state index is -0.225. The van der Waals surface area contributed by atoms with E-state index in [-0.39, 0.29) is 6.10 Å². The van der Waals surface area contributed by atoms with Gasteiger partial charge in [0.25, 0.3) is 0 Å². The molecule has 0 radical (unpaired) electrons. The molecule has 0 amide bonds. The topological polar surface area (TPSA) is 20.2 Å². The van der Waals surface area contributed by atoms with Gasteiger partial charge in [0.1, 0.15) is 0 Å². The highest BCUT2D eigenvalue weighted by Crippen LogP contribution is 2.27. The number of rotatable bonds is 6. The molecule has 2 atom stereocenters. The van der Waals surface area contributed by atoms with Crippen molar-refractivity contribution in [3.8, 4) is 0 Å². The summed E-state index contributed by atoms with van der Waals surface area (Å²) >= 11 is 0. The monoisotopic (exact) mass is 276 g/mol. The molecule has 1 heteroatoms. The molecule has 1 nitrogen and oxygen atoms in total. The number of aliphatic hydroxyl groups is 1. The molecule has 0 aliphatic rings. The number of benzene rings is 1. The fourth-order valence-electron chi connectivity index (χ4n) is 2.99. The van der Waals surface area contributed by atoms with Crippen molar-refractivity contribution in [3.05, 3.63) is 35.4 Å². The van der Waals surface area contributed by atoms with Gasteiger partial charge in [-0.15, -0.1) is 0 Å². The van der Waals surface area contributed by atoms with Gasteiger partial charge in [-0.3, -0.25) is 0 Å². The van der Waals surface area contributed by atoms with Crippen molar-refractivity contribution in [2.75, 3.05) is 0 Å². The lowest BCUT2D eigenvalue weighted by Crippen LogP contribution is -2.18. The minimum Gasteiger partial charge on any atom is -0.393 e. The Morgan fingerprint density at radius 2 is 1.55 bits per heavy atom. The van der Waals surface area contributed by atoms with E-state index in [1.165, 1.54) is 11.1 Å². The normalized spacial score (nSPS) is 15.4. The Hall–Kier alpha value is -0.820. The second-order valence-electron chi connectivity index (χ2n) is 7.86. The van der Waals surface area contributed by atoms with Crippen LogP contribution in [0.3, 0.4) is 0 Å². The van der Waals surface area contributed by atoms with Crippen molar-refractivity contribution in [2.45, 2.75) is 72.8 Å². The molecule has 2 unspecified atom stereocenters. The van der Waals surface area contributed by atoms with E-state index >= 15 is 0 Å². The Labute approximate surface area is 125 Å². The summed E-state index contributed by atoms with van der Waals surface area (Å²) in [6.45, 7) is 13.5. The molecule has 0 bridgehead atoms. The highest BCUT2D eigenvalue weighted by atomic mass is 16.3. The first-order valence-electron chi connectivity index (χ1n) is 7.94. The summed E-state index contributed by atoms with van der Waals surface area (Å²) in [6.07, 6.45) is 2.60. The summed E-state index contributed by atoms with van der Waals surface area (Å²) in [5, 5.41) is 10.2. The van der Waals surface area contributed by atoms with Gasteiger partial charge in [-0.2, -0.15) is 0 Å². The largest absolute Gasteiger partial charge is 0.393 e. The smallest absolute Gasteiger partial charge is 0.0583 e. The van der Waals surface area contributed by atoms with Gasteiger partial charge < -0.3 is 5.11 Å². The third-order valence-electron chi connectivity index (χ3n) is 3.75. The molecule has 0 saturated heterocycles. The second kappa shape index (κ2) is 7.26. The van der Waals surface area contributed by atoms with Crippen molar-refractivity contribution in [2.24, 2.45) is 11.3 Å². The van der Waals surface area contributed by atoms with Gasteiger partial charge in [0.05, 0.1) is 6.10 Å². The SMILES string of the molecule is CC(CC(O)Cc1ccc(C(C)C)cc1)CC(C)(C)C. The zero-order valence-electron chi connectivity index (χ0n) is 14.1. The summed E-state index contributed by atoms with van der Waals surface area (Å²) < 4.78 is 0. The van der Waals surface area contributed by atoms with Crippen LogP contribution < -0.4 is 0 Å². The van der Waals surface area contributed by atoms with Crippen molar-refractivity contribution in [1.29, 1.82) is 0 Å². The van der Waals surface area contributed by atoms with Gasteiger partial charge in [-0.05, 0) is 47.6 Å². The molecule has 0 spiro atoms. The average Bonchev–Trinajstić information content (AvgIpc) is 2.26. The molecule has 0 saturated carbocycles. The van der Waals surface area contributed by atoms with Crippen molar-refractivity contribution in [3.63, 3.8) is 0 Å². The van der Waals surface area contributed by atoms with Gasteiger partial charge in [0, 0.05) is 0 Å². The highest BCUT2D eigenvalue weighted by molar-refractivity contribution is 5.25. The number of hydrogen-bond donors (Lipinski definition) is 1. The molecule has 0 fully saturated rings. The summed E-state index contributed by atoms with van der Waals surface area (Å²) in [5.74, 6) is 1.14. The number of aliphatic hydroxyl groups excluding tert-OH is 1. The van der Waals surface area contributed by atoms with Crippen LogP contribution in [0, 0.1) is 11.3 Å². The lowest BCUT2D eigenvalue weighted by atomic mass is 9.82. The zero-order valence-corrected chi connectivity index (χ0v) is 14.1. The van der Waals surface area contributed by atoms with E-state index in [4.69, 9.17) is 0 Å². The predicted molar refractivity (Wildman–Crippen MR) is 88.1 cm³/mol. The van der Waals surface area contributed by atoms with Crippen LogP contribution in [-0.2, 0) is 6.42 Å². The van der Waals surface area contributed by atoms with Crippen LogP contribution in [-0.4, -0.2) is 11.2 Å². The maximum Gasteiger partial charge on any atom is 0.0583 e. The first-order chi connectivity index (χ1) is 9.17. The molecule has 1 aromatic rings. The van der Waals surface area contributed by atoms with E-state index < -0.39 is 0 Å². The first kappa shape index (κ1) is 17.2. The lowest BCUT2D eigenvalue weighted by molar-refractivity contribution is 0.133. The first-order valence-corrected chi connectivity index (χ1v) is 7.94. The van der Waals surface area contributed by atoms with Gasteiger partial charge in [-0.25, -0.2) is 0 Å². The molecule has 114 valence electrons. The number of hydrogen-bond acceptors (Lipinski definition) is 1. The van der Waals surface area contributed by atoms with Gasteiger partial charge in [0.2, 0.25) is 0 Å². The van der Waals surface area contributed by atoms with Crippen LogP contribution in [0.4, 0.5) is 0 Å². The Morgan fingerprint density at radius 3 is 2.00 bits per heavy atom. The Balaban J connectivity index is 2.47. The van der Waals surface area contributed by atoms with E-state index in [1.54, 1.807) is 0 Å². The molecule has 0 aliphatic heterocycles. The quantitative estimate of drug-likeness (QED) is 0.759. The second-order valence-corrected chi connectivity index (χ2v) is 7.86. The van der Waals surface area contributed by atoms with Gasteiger partial charge >= 0.3 is 0 Å². The third kappa shape index (κ3) is 6.56. The van der Waals surface area contributed by atoms with E-state index in [1.807, 2.05) is 0 Å². The summed E-state index contributed by atoms with van der Waals surface area (Å²) in [5.41, 5.74) is 2.95. The molecule has 0 aromatic heterocycles. The van der Waals surface area contributed by atoms with Gasteiger partial charge in [-0.1, -0.05) is 65.8 Å². The summed E-state index contributed by atoms with van der Waals surface area (Å²) in [7, 11) is 0. The Bertz CT molecular complexity index is 383. The van der Waals surface area contributed by atoms with Crippen LogP contribution in [0.2, 0.25) is 0 Å². The standard InChI is InChI=1S/C19H32O/c1-14(2)17-9-7-16(8-10-17)12-18(20)11-15(3)13-19(4,5)6/h7-10,14-15,18,20H,11-13H2,1-6H3. The Kier molecular flexibility index (Phi) is 6.26. The fourth-order valence-corrected chi connectivity index (χ4v) is 2.99. The van der Waals surface area contributed by atoms with E-state index in [9.17, 15) is 5.11 Å². The van der Waals surface area contributed by atoms with Crippen molar-refractivity contribution >= 4 is 0 Å². The minimum absolute atomic E-state index is 0.225. The van der Waals surface area contributed by atoms with Crippen LogP contribution in [0.5, 0.6) is 0 Å². The van der Waals surface area contributed by atoms with E-state index in [0.29, 0.717) is 17.3 Å². The average molecular weight is 276 g/mol. The molecule has 0 aliphatic carbocycles. The van der Waals surface area contributed by atoms with Crippen LogP contribution in [0.15, 0.2) is 24.3 Å². The molecule has 1 rings (SSSR count). The van der Waals surface area contributed by atoms with Crippen molar-refractivity contribution < 1.29 is 5.11 Å². The van der Waals surface area contributed by atoms with E-state index in [0.717, 1.165) is 19.3 Å². The summed E-state index contributed by atoms with van der Waals surface area (Å²) in [6, 6.07) is 8.69. The van der Waals surface area contributed by atoms with E-state index in [2.05, 4.69) is 65.8 Å². The highest BCUT2D eigenvalue weighted by Gasteiger charge is 2.18. The van der Waals surface area contributed by atoms with Crippen molar-refractivity contribution in [1.82, 2.24) is 0 Å². The molecule has 20 heavy (non-hydrogen) atoms. The third-order valence-corrected chi connectivity index (χ3v) is 3.75. The zero-order chi connectivity index (χ0) is 15.3. The van der Waals surface area contributed by atoms with Crippen LogP contribution in [0.1, 0.15) is 71.4 Å². The van der Waals surface area contributed by atoms with Gasteiger partial charge in [0.15, 0.2) is 0 Å². The Morgan fingerprint density at radius 1 is 1.00 bits per heavy atom. The van der Waals surface area contributed by atoms with Crippen LogP contribution >= 0.6 is 0 Å². The molecular weight excluding hydrogens is 244 g/mol. The lowest BCUT2D eigenvalue weighted by Gasteiger charge is -2.25.